The Bertz CT molecular complexity index is 229. The van der Waals surface area contributed by atoms with E-state index >= 15 is 0 Å². The van der Waals surface area contributed by atoms with Crippen LogP contribution in [0, 0.1) is 17.3 Å². The molecule has 0 aromatic rings. The molecule has 60 valence electrons. The van der Waals surface area contributed by atoms with Gasteiger partial charge in [0.1, 0.15) is 0 Å². The first-order chi connectivity index (χ1) is 4.95. The molecule has 0 radical (unpaired) electrons. The fraction of sp³-hybridized carbons (Fsp3) is 0.429. The maximum absolute atomic E-state index is 10.4. The van der Waals surface area contributed by atoms with Crippen molar-refractivity contribution in [3.8, 4) is 11.8 Å². The van der Waals surface area contributed by atoms with E-state index in [4.69, 9.17) is 10.2 Å². The highest BCUT2D eigenvalue weighted by Crippen LogP contribution is 2.14. The van der Waals surface area contributed by atoms with Gasteiger partial charge in [-0.2, -0.15) is 0 Å². The molecule has 0 rings (SSSR count). The van der Waals surface area contributed by atoms with Crippen LogP contribution in [0.15, 0.2) is 0 Å². The summed E-state index contributed by atoms with van der Waals surface area (Å²) in [6, 6.07) is 0. The summed E-state index contributed by atoms with van der Waals surface area (Å²) in [5.41, 5.74) is -1.98. The van der Waals surface area contributed by atoms with E-state index in [-0.39, 0.29) is 0 Å². The molecule has 0 atom stereocenters. The van der Waals surface area contributed by atoms with Crippen molar-refractivity contribution in [2.45, 2.75) is 13.8 Å². The zero-order valence-electron chi connectivity index (χ0n) is 6.21. The van der Waals surface area contributed by atoms with Gasteiger partial charge in [0.05, 0.1) is 0 Å². The number of carboxylic acid groups (broad SMARTS) is 2. The molecule has 2 N–H and O–H groups in total. The lowest BCUT2D eigenvalue weighted by molar-refractivity contribution is -0.158. The van der Waals surface area contributed by atoms with Crippen LogP contribution in [0.5, 0.6) is 0 Å². The molecule has 4 heteroatoms. The van der Waals surface area contributed by atoms with E-state index in [0.717, 1.165) is 6.92 Å². The van der Waals surface area contributed by atoms with Gasteiger partial charge in [-0.25, -0.2) is 9.59 Å². The minimum atomic E-state index is -1.98. The average Bonchev–Trinajstić information content (AvgIpc) is 1.87. The number of carboxylic acids is 2. The van der Waals surface area contributed by atoms with Gasteiger partial charge >= 0.3 is 11.9 Å². The van der Waals surface area contributed by atoms with Crippen molar-refractivity contribution in [1.29, 1.82) is 0 Å². The van der Waals surface area contributed by atoms with Crippen molar-refractivity contribution < 1.29 is 19.8 Å². The number of carbonyl (C=O) groups is 2. The smallest absolute Gasteiger partial charge is 0.333 e. The average molecular weight is 156 g/mol. The van der Waals surface area contributed by atoms with E-state index in [1.54, 1.807) is 0 Å². The van der Waals surface area contributed by atoms with Crippen LogP contribution < -0.4 is 0 Å². The largest absolute Gasteiger partial charge is 0.480 e. The fourth-order valence-electron chi connectivity index (χ4n) is 0.448. The van der Waals surface area contributed by atoms with Gasteiger partial charge in [-0.3, -0.25) is 0 Å². The first-order valence-corrected chi connectivity index (χ1v) is 2.86. The maximum atomic E-state index is 10.4. The van der Waals surface area contributed by atoms with Gasteiger partial charge in [0, 0.05) is 0 Å². The predicted molar refractivity (Wildman–Crippen MR) is 36.8 cm³/mol. The Morgan fingerprint density at radius 3 is 1.73 bits per heavy atom. The molecule has 0 saturated heterocycles. The van der Waals surface area contributed by atoms with Crippen LogP contribution in [0.2, 0.25) is 0 Å². The van der Waals surface area contributed by atoms with E-state index in [2.05, 4.69) is 11.8 Å². The summed E-state index contributed by atoms with van der Waals surface area (Å²) in [7, 11) is 0. The van der Waals surface area contributed by atoms with Gasteiger partial charge in [-0.15, -0.1) is 5.92 Å². The van der Waals surface area contributed by atoms with E-state index in [0.29, 0.717) is 0 Å². The first kappa shape index (κ1) is 9.50. The molecule has 0 spiro atoms. The first-order valence-electron chi connectivity index (χ1n) is 2.86. The summed E-state index contributed by atoms with van der Waals surface area (Å²) in [6.45, 7) is 2.44. The van der Waals surface area contributed by atoms with Gasteiger partial charge in [0.15, 0.2) is 0 Å². The van der Waals surface area contributed by atoms with E-state index in [1.165, 1.54) is 6.92 Å². The third-order valence-electron chi connectivity index (χ3n) is 1.23. The lowest BCUT2D eigenvalue weighted by atomic mass is 9.92. The lowest BCUT2D eigenvalue weighted by Gasteiger charge is -2.10. The summed E-state index contributed by atoms with van der Waals surface area (Å²) in [5, 5.41) is 16.9. The zero-order valence-corrected chi connectivity index (χ0v) is 6.21. The van der Waals surface area contributed by atoms with Crippen LogP contribution in [0.25, 0.3) is 0 Å². The van der Waals surface area contributed by atoms with E-state index in [9.17, 15) is 9.59 Å². The summed E-state index contributed by atoms with van der Waals surface area (Å²) in [6.07, 6.45) is 0. The molecule has 11 heavy (non-hydrogen) atoms. The van der Waals surface area contributed by atoms with Crippen molar-refractivity contribution in [2.24, 2.45) is 5.41 Å². The Hall–Kier alpha value is -1.50. The highest BCUT2D eigenvalue weighted by atomic mass is 16.4. The molecule has 0 amide bonds. The topological polar surface area (TPSA) is 74.6 Å². The molecule has 4 nitrogen and oxygen atoms in total. The van der Waals surface area contributed by atoms with Crippen molar-refractivity contribution in [1.82, 2.24) is 0 Å². The van der Waals surface area contributed by atoms with Crippen molar-refractivity contribution in [3.05, 3.63) is 0 Å². The highest BCUT2D eigenvalue weighted by Gasteiger charge is 2.39. The minimum absolute atomic E-state index is 1.05. The molecule has 0 aliphatic rings. The number of aliphatic carboxylic acids is 2. The predicted octanol–water partition coefficient (Wildman–Crippen LogP) is 0.185. The monoisotopic (exact) mass is 156 g/mol. The summed E-state index contributed by atoms with van der Waals surface area (Å²) in [4.78, 5) is 20.7. The third kappa shape index (κ3) is 1.71. The standard InChI is InChI=1S/C7H8O4/c1-3-4-7(2,5(8)9)6(10)11/h1-2H3,(H,8,9)(H,10,11). The molecule has 0 aromatic heterocycles. The third-order valence-corrected chi connectivity index (χ3v) is 1.23. The summed E-state index contributed by atoms with van der Waals surface area (Å²) in [5.74, 6) is 1.48. The van der Waals surface area contributed by atoms with Gasteiger partial charge in [-0.05, 0) is 13.8 Å². The second-order valence-electron chi connectivity index (χ2n) is 2.11. The SMILES string of the molecule is CC#CC(C)(C(=O)O)C(=O)O. The molecule has 0 bridgehead atoms. The fourth-order valence-corrected chi connectivity index (χ4v) is 0.448. The maximum Gasteiger partial charge on any atom is 0.333 e. The molecule has 0 aliphatic carbocycles. The Labute approximate surface area is 63.8 Å². The summed E-state index contributed by atoms with van der Waals surface area (Å²) < 4.78 is 0. The second-order valence-corrected chi connectivity index (χ2v) is 2.11. The van der Waals surface area contributed by atoms with Crippen LogP contribution >= 0.6 is 0 Å². The van der Waals surface area contributed by atoms with E-state index in [1.807, 2.05) is 0 Å². The molecule has 0 aliphatic heterocycles. The quantitative estimate of drug-likeness (QED) is 0.442. The molecule has 0 aromatic carbocycles. The van der Waals surface area contributed by atoms with Crippen LogP contribution in [0.4, 0.5) is 0 Å². The molecular formula is C7H8O4. The number of rotatable bonds is 2. The van der Waals surface area contributed by atoms with Crippen LogP contribution in [0.3, 0.4) is 0 Å². The highest BCUT2D eigenvalue weighted by molar-refractivity contribution is 6.01. The minimum Gasteiger partial charge on any atom is -0.480 e. The van der Waals surface area contributed by atoms with Crippen LogP contribution in [-0.2, 0) is 9.59 Å². The zero-order chi connectivity index (χ0) is 9.07. The Morgan fingerprint density at radius 2 is 1.64 bits per heavy atom. The Morgan fingerprint density at radius 1 is 1.27 bits per heavy atom. The van der Waals surface area contributed by atoms with Gasteiger partial charge in [-0.1, -0.05) is 5.92 Å². The van der Waals surface area contributed by atoms with Crippen molar-refractivity contribution >= 4 is 11.9 Å². The molecule has 0 saturated carbocycles. The summed E-state index contributed by atoms with van der Waals surface area (Å²) >= 11 is 0. The number of hydrogen-bond acceptors (Lipinski definition) is 2. The normalized spacial score (nSPS) is 9.64. The van der Waals surface area contributed by atoms with Gasteiger partial charge in [0.25, 0.3) is 0 Å². The Balaban J connectivity index is 4.93. The lowest BCUT2D eigenvalue weighted by Crippen LogP contribution is -2.34. The molecule has 0 fully saturated rings. The van der Waals surface area contributed by atoms with Gasteiger partial charge < -0.3 is 10.2 Å². The van der Waals surface area contributed by atoms with Crippen molar-refractivity contribution in [3.63, 3.8) is 0 Å². The van der Waals surface area contributed by atoms with E-state index < -0.39 is 17.4 Å². The van der Waals surface area contributed by atoms with Crippen molar-refractivity contribution in [2.75, 3.05) is 0 Å². The molecule has 0 heterocycles. The van der Waals surface area contributed by atoms with Crippen LogP contribution in [-0.4, -0.2) is 22.2 Å². The molecule has 0 unspecified atom stereocenters. The second kappa shape index (κ2) is 3.06. The van der Waals surface area contributed by atoms with Crippen LogP contribution in [0.1, 0.15) is 13.8 Å². The van der Waals surface area contributed by atoms with Gasteiger partial charge in [0.2, 0.25) is 5.41 Å². The number of hydrogen-bond donors (Lipinski definition) is 2. The molecular weight excluding hydrogens is 148 g/mol. The Kier molecular flexibility index (Phi) is 2.64.